The van der Waals surface area contributed by atoms with E-state index in [1.165, 1.54) is 21.7 Å². The zero-order valence-corrected chi connectivity index (χ0v) is 86.1. The minimum absolute atomic E-state index is 0.142. The molecule has 5 amide bonds. The zero-order valence-electron chi connectivity index (χ0n) is 80.8. The number of carbonyl (C=O) groups excluding carboxylic acids is 5. The van der Waals surface area contributed by atoms with E-state index >= 15 is 0 Å². The molecule has 766 valence electrons. The Hall–Kier alpha value is -14.7. The van der Waals surface area contributed by atoms with Crippen LogP contribution in [0.15, 0.2) is 273 Å². The number of carbonyl (C=O) groups is 5. The third-order valence-electron chi connectivity index (χ3n) is 24.7. The van der Waals surface area contributed by atoms with E-state index in [0.717, 1.165) is 148 Å². The predicted molar refractivity (Wildman–Crippen MR) is 555 cm³/mol. The summed E-state index contributed by atoms with van der Waals surface area (Å²) in [6.07, 6.45) is 8.97. The SMILES string of the molecule is Clc1ccc(CBr)cc1.Clc1ccc(Cn2nnnc2[C@H]2CCCN2)cc1.N#C[C@H]1CCCN1C(=O)OCc1ccccc1.O=C(OCc1ccccc1)N1CCC[C@@H]1c1nn[nH]n1.O=C(OCc1ccccc1)N1CCC[C@@H]1c1nnn(Cc2ccc(Cl)cc2)n1.O=C(OCc1ccccc1)N1CCC[C@@H]1c1nnnn1Cc1ccc(Cl)cc1.O=C(OCc1ccccc1)N1CCC[C@@H]1c1nnnn1Cc1ccc(Cl)cc1. The van der Waals surface area contributed by atoms with Crippen LogP contribution < -0.4 is 5.32 Å². The molecule has 6 atom stereocenters. The Morgan fingerprint density at radius 2 is 0.642 bits per heavy atom. The fourth-order valence-corrected chi connectivity index (χ4v) is 18.1. The Morgan fingerprint density at radius 1 is 0.331 bits per heavy atom. The topological polar surface area (TPSA) is 412 Å². The van der Waals surface area contributed by atoms with Gasteiger partial charge in [0.15, 0.2) is 29.1 Å². The van der Waals surface area contributed by atoms with Crippen molar-refractivity contribution in [2.24, 2.45) is 0 Å². The third-order valence-corrected chi connectivity index (χ3v) is 26.6. The maximum atomic E-state index is 12.6. The second-order valence-corrected chi connectivity index (χ2v) is 37.8. The van der Waals surface area contributed by atoms with Gasteiger partial charge in [0.2, 0.25) is 0 Å². The minimum Gasteiger partial charge on any atom is -0.445 e. The number of nitriles is 1. The highest BCUT2D eigenvalue weighted by Crippen LogP contribution is 2.36. The smallest absolute Gasteiger partial charge is 0.411 e. The summed E-state index contributed by atoms with van der Waals surface area (Å²) >= 11 is 32.7. The largest absolute Gasteiger partial charge is 0.445 e. The number of ether oxygens (including phenoxy) is 5. The lowest BCUT2D eigenvalue weighted by atomic mass is 10.2. The number of aromatic amines is 1. The Balaban J connectivity index is 0.000000132. The summed E-state index contributed by atoms with van der Waals surface area (Å²) in [5, 5.41) is 79.6. The van der Waals surface area contributed by atoms with Crippen molar-refractivity contribution < 1.29 is 47.7 Å². The van der Waals surface area contributed by atoms with Crippen molar-refractivity contribution in [2.75, 3.05) is 39.3 Å². The summed E-state index contributed by atoms with van der Waals surface area (Å²) in [7, 11) is 0. The fraction of sp³-hybridized carbons (Fsp3) is 0.324. The molecule has 37 nitrogen and oxygen atoms in total. The van der Waals surface area contributed by atoms with Gasteiger partial charge < -0.3 is 29.0 Å². The molecule has 43 heteroatoms. The Bertz CT molecular complexity index is 6480. The molecule has 0 aliphatic carbocycles. The molecule has 11 heterocycles. The summed E-state index contributed by atoms with van der Waals surface area (Å²) in [5.74, 6) is 3.35. The summed E-state index contributed by atoms with van der Waals surface area (Å²) in [4.78, 5) is 71.5. The molecule has 0 radical (unpaired) electrons. The molecule has 10 aromatic carbocycles. The fourth-order valence-electron chi connectivity index (χ4n) is 17.1. The molecule has 15 aromatic rings. The van der Waals surface area contributed by atoms with E-state index in [0.29, 0.717) is 97.3 Å². The van der Waals surface area contributed by atoms with Gasteiger partial charge in [-0.25, -0.2) is 38.0 Å². The minimum atomic E-state index is -0.391. The number of aromatic nitrogens is 20. The lowest BCUT2D eigenvalue weighted by molar-refractivity contribution is 0.0895. The number of likely N-dealkylation sites (tertiary alicyclic amines) is 5. The number of halogens is 6. The van der Waals surface area contributed by atoms with Gasteiger partial charge in [-0.15, -0.1) is 35.7 Å². The standard InChI is InChI=1S/3C20H20ClN5O2.C13H15N5O2.C13H14N2O2.C12H14ClN5.C7H6BrCl/c2*21-17-10-8-15(9-11-17)13-26-19(22-23-24-26)18-7-4-12-25(18)20(27)28-14-16-5-2-1-3-6-16;21-17-10-8-15(9-11-17)13-26-23-19(22-24-26)18-7-4-12-25(18)20(27)28-14-16-5-2-1-3-6-16;19-13(20-9-10-5-2-1-3-6-10)18-8-4-7-11(18)12-14-16-17-15-12;14-9-12-7-4-8-15(12)13(16)17-10-11-5-2-1-3-6-11;13-10-5-3-9(4-6-10)8-18-12(15-16-17-18)11-2-1-7-14-11;8-5-6-1-3-7(9)4-2-6/h3*1-3,5-6,8-11,18H,4,7,12-14H2;1-3,5-6,11H,4,7-9H2,(H,14,15,16,17);1-3,5-6,12H,4,7-8,10H2;3-6,11,14H,1-2,7-8H2;1-4H,5H2/t3*18-;11-;12-;11-;/m111111./s1. The number of tetrazole rings is 5. The highest BCUT2D eigenvalue weighted by Gasteiger charge is 2.40. The average molecular weight is 2170 g/mol. The first kappa shape index (κ1) is 108. The normalized spacial score (nSPS) is 16.8. The Kier molecular flexibility index (Phi) is 40.9. The van der Waals surface area contributed by atoms with Crippen LogP contribution in [0.3, 0.4) is 0 Å². The molecular weight excluding hydrogens is 2060 g/mol. The van der Waals surface area contributed by atoms with Gasteiger partial charge in [-0.1, -0.05) is 291 Å². The predicted octanol–water partition coefficient (Wildman–Crippen LogP) is 20.6. The summed E-state index contributed by atoms with van der Waals surface area (Å²) in [5.41, 5.74) is 10.3. The van der Waals surface area contributed by atoms with Crippen molar-refractivity contribution in [3.63, 3.8) is 0 Å². The number of nitrogens with one attached hydrogen (secondary N) is 2. The van der Waals surface area contributed by atoms with E-state index in [4.69, 9.17) is 87.0 Å². The number of nitrogens with zero attached hydrogens (tertiary/aromatic N) is 25. The van der Waals surface area contributed by atoms with Crippen molar-refractivity contribution in [1.29, 1.82) is 5.26 Å². The van der Waals surface area contributed by atoms with Crippen LogP contribution in [0.2, 0.25) is 25.1 Å². The number of rotatable bonds is 24. The van der Waals surface area contributed by atoms with Gasteiger partial charge in [0.25, 0.3) is 0 Å². The molecule has 0 unspecified atom stereocenters. The van der Waals surface area contributed by atoms with Crippen molar-refractivity contribution >= 4 is 104 Å². The molecule has 5 aromatic heterocycles. The molecule has 6 aliphatic rings. The number of hydrogen-bond acceptors (Lipinski definition) is 27. The molecule has 2 N–H and O–H groups in total. The van der Waals surface area contributed by atoms with Gasteiger partial charge in [0.1, 0.15) is 39.1 Å². The number of benzene rings is 10. The number of H-pyrrole nitrogens is 1. The van der Waals surface area contributed by atoms with Crippen LogP contribution in [-0.4, -0.2) is 202 Å². The quantitative estimate of drug-likeness (QED) is 0.0419. The highest BCUT2D eigenvalue weighted by atomic mass is 79.9. The molecular formula is C105H109BrCl5N27O10. The Labute approximate surface area is 888 Å². The van der Waals surface area contributed by atoms with E-state index in [2.05, 4.69) is 110 Å². The third kappa shape index (κ3) is 32.1. The molecule has 21 rings (SSSR count). The second-order valence-electron chi connectivity index (χ2n) is 35.0. The molecule has 0 saturated carbocycles. The second kappa shape index (κ2) is 56.3. The first-order valence-electron chi connectivity index (χ1n) is 48.5. The lowest BCUT2D eigenvalue weighted by Gasteiger charge is -2.23. The van der Waals surface area contributed by atoms with Crippen LogP contribution in [0.25, 0.3) is 0 Å². The van der Waals surface area contributed by atoms with E-state index in [-0.39, 0.29) is 93.7 Å². The van der Waals surface area contributed by atoms with E-state index in [1.807, 2.05) is 278 Å². The maximum absolute atomic E-state index is 12.6. The van der Waals surface area contributed by atoms with Crippen LogP contribution in [0.1, 0.15) is 192 Å². The van der Waals surface area contributed by atoms with Crippen molar-refractivity contribution in [3.05, 3.63) is 383 Å². The van der Waals surface area contributed by atoms with Gasteiger partial charge >= 0.3 is 30.5 Å². The summed E-state index contributed by atoms with van der Waals surface area (Å²) in [6, 6.07) is 87.5. The van der Waals surface area contributed by atoms with Crippen LogP contribution in [-0.2, 0) is 88.2 Å². The summed E-state index contributed by atoms with van der Waals surface area (Å²) in [6.45, 7) is 7.69. The van der Waals surface area contributed by atoms with Crippen molar-refractivity contribution in [2.45, 2.75) is 178 Å². The van der Waals surface area contributed by atoms with Crippen LogP contribution >= 0.6 is 73.9 Å². The van der Waals surface area contributed by atoms with Gasteiger partial charge in [-0.2, -0.15) is 15.3 Å². The van der Waals surface area contributed by atoms with Gasteiger partial charge in [-0.05, 0) is 236 Å². The maximum Gasteiger partial charge on any atom is 0.411 e. The van der Waals surface area contributed by atoms with E-state index < -0.39 is 6.09 Å². The van der Waals surface area contributed by atoms with Crippen molar-refractivity contribution in [1.82, 2.24) is 131 Å². The monoisotopic (exact) mass is 2160 g/mol. The van der Waals surface area contributed by atoms with E-state index in [9.17, 15) is 24.0 Å². The van der Waals surface area contributed by atoms with Gasteiger partial charge in [-0.3, -0.25) is 24.5 Å². The molecule has 148 heavy (non-hydrogen) atoms. The average Bonchev–Trinajstić information content (AvgIpc) is 1.66. The molecule has 0 spiro atoms. The number of alkyl halides is 1. The van der Waals surface area contributed by atoms with Crippen LogP contribution in [0, 0.1) is 11.3 Å². The van der Waals surface area contributed by atoms with Crippen molar-refractivity contribution in [3.8, 4) is 6.07 Å². The van der Waals surface area contributed by atoms with Gasteiger partial charge in [0.05, 0.1) is 62.5 Å². The molecule has 6 fully saturated rings. The molecule has 0 bridgehead atoms. The lowest BCUT2D eigenvalue weighted by Crippen LogP contribution is -2.34. The number of amides is 5. The first-order chi connectivity index (χ1) is 72.4. The van der Waals surface area contributed by atoms with Crippen LogP contribution in [0.4, 0.5) is 24.0 Å². The molecule has 6 aliphatic heterocycles. The zero-order chi connectivity index (χ0) is 103. The van der Waals surface area contributed by atoms with Crippen LogP contribution in [0.5, 0.6) is 0 Å². The Morgan fingerprint density at radius 3 is 0.980 bits per heavy atom. The number of hydrogen-bond donors (Lipinski definition) is 2. The summed E-state index contributed by atoms with van der Waals surface area (Å²) < 4.78 is 32.3. The highest BCUT2D eigenvalue weighted by molar-refractivity contribution is 9.08. The first-order valence-corrected chi connectivity index (χ1v) is 51.5. The van der Waals surface area contributed by atoms with E-state index in [1.54, 1.807) is 29.0 Å². The van der Waals surface area contributed by atoms with Gasteiger partial charge in [0, 0.05) is 63.2 Å². The molecule has 6 saturated heterocycles.